The fourth-order valence-electron chi connectivity index (χ4n) is 2.29. The number of H-pyrrole nitrogens is 1. The Labute approximate surface area is 128 Å². The molecule has 1 aliphatic carbocycles. The summed E-state index contributed by atoms with van der Waals surface area (Å²) in [5.74, 6) is 0. The molecule has 0 spiro atoms. The van der Waals surface area contributed by atoms with E-state index in [2.05, 4.69) is 15.2 Å². The van der Waals surface area contributed by atoms with Crippen molar-refractivity contribution in [2.24, 2.45) is 0 Å². The number of hydrogen-bond donors (Lipinski definition) is 2. The highest BCUT2D eigenvalue weighted by Crippen LogP contribution is 2.40. The zero-order valence-corrected chi connectivity index (χ0v) is 12.9. The van der Waals surface area contributed by atoms with E-state index in [1.165, 1.54) is 11.8 Å². The van der Waals surface area contributed by atoms with Crippen LogP contribution in [0.3, 0.4) is 0 Å². The normalized spacial score (nSPS) is 14.9. The summed E-state index contributed by atoms with van der Waals surface area (Å²) in [6, 6.07) is 4.19. The molecule has 0 bridgehead atoms. The molecule has 1 saturated carbocycles. The zero-order valence-electron chi connectivity index (χ0n) is 11.3. The molecule has 2 aromatic heterocycles. The van der Waals surface area contributed by atoms with Crippen LogP contribution in [-0.4, -0.2) is 19.7 Å². The SMILES string of the molecule is Cc1nc2cc(Sc3n[nH]c(=O)n3C3CC3)c(N)cc2s1. The first kappa shape index (κ1) is 12.9. The van der Waals surface area contributed by atoms with E-state index in [1.807, 2.05) is 19.1 Å². The van der Waals surface area contributed by atoms with Crippen molar-refractivity contribution >= 4 is 39.0 Å². The number of nitrogens with two attached hydrogens (primary N) is 1. The van der Waals surface area contributed by atoms with Gasteiger partial charge in [-0.2, -0.15) is 0 Å². The van der Waals surface area contributed by atoms with E-state index in [9.17, 15) is 4.79 Å². The van der Waals surface area contributed by atoms with Crippen molar-refractivity contribution in [1.29, 1.82) is 0 Å². The van der Waals surface area contributed by atoms with Gasteiger partial charge in [-0.05, 0) is 43.7 Å². The molecule has 0 amide bonds. The van der Waals surface area contributed by atoms with Gasteiger partial charge in [-0.1, -0.05) is 0 Å². The number of fused-ring (bicyclic) bond motifs is 1. The van der Waals surface area contributed by atoms with Crippen LogP contribution in [0.4, 0.5) is 5.69 Å². The van der Waals surface area contributed by atoms with Gasteiger partial charge in [0.25, 0.3) is 0 Å². The van der Waals surface area contributed by atoms with Crippen LogP contribution in [0.5, 0.6) is 0 Å². The van der Waals surface area contributed by atoms with Gasteiger partial charge in [0.2, 0.25) is 0 Å². The number of aromatic amines is 1. The number of nitrogens with zero attached hydrogens (tertiary/aromatic N) is 3. The number of aromatic nitrogens is 4. The van der Waals surface area contributed by atoms with Crippen molar-refractivity contribution in [3.8, 4) is 0 Å². The van der Waals surface area contributed by atoms with Gasteiger partial charge in [0.05, 0.1) is 15.2 Å². The van der Waals surface area contributed by atoms with Crippen molar-refractivity contribution in [3.63, 3.8) is 0 Å². The van der Waals surface area contributed by atoms with E-state index in [4.69, 9.17) is 5.73 Å². The minimum atomic E-state index is -0.149. The second-order valence-electron chi connectivity index (χ2n) is 5.11. The average Bonchev–Trinajstić information content (AvgIpc) is 3.11. The third-order valence-electron chi connectivity index (χ3n) is 3.41. The largest absolute Gasteiger partial charge is 0.398 e. The highest BCUT2D eigenvalue weighted by atomic mass is 32.2. The first-order valence-electron chi connectivity index (χ1n) is 6.63. The van der Waals surface area contributed by atoms with Crippen LogP contribution >= 0.6 is 23.1 Å². The number of rotatable bonds is 3. The molecule has 0 radical (unpaired) electrons. The number of thiazole rings is 1. The molecule has 4 rings (SSSR count). The number of benzene rings is 1. The highest BCUT2D eigenvalue weighted by molar-refractivity contribution is 7.99. The Morgan fingerprint density at radius 3 is 3.05 bits per heavy atom. The molecule has 1 aromatic carbocycles. The topological polar surface area (TPSA) is 89.6 Å². The molecule has 2 heterocycles. The van der Waals surface area contributed by atoms with Crippen molar-refractivity contribution in [2.75, 3.05) is 5.73 Å². The maximum absolute atomic E-state index is 11.8. The molecule has 8 heteroatoms. The fourth-order valence-corrected chi connectivity index (χ4v) is 4.11. The van der Waals surface area contributed by atoms with Crippen LogP contribution in [0.1, 0.15) is 23.9 Å². The van der Waals surface area contributed by atoms with E-state index < -0.39 is 0 Å². The van der Waals surface area contributed by atoms with Gasteiger partial charge in [0, 0.05) is 16.6 Å². The van der Waals surface area contributed by atoms with Crippen molar-refractivity contribution in [2.45, 2.75) is 35.9 Å². The predicted molar refractivity (Wildman–Crippen MR) is 84.0 cm³/mol. The summed E-state index contributed by atoms with van der Waals surface area (Å²) in [4.78, 5) is 17.2. The van der Waals surface area contributed by atoms with Gasteiger partial charge in [0.15, 0.2) is 5.16 Å². The Hall–Kier alpha value is -1.80. The van der Waals surface area contributed by atoms with Crippen LogP contribution in [-0.2, 0) is 0 Å². The van der Waals surface area contributed by atoms with E-state index in [1.54, 1.807) is 15.9 Å². The quantitative estimate of drug-likeness (QED) is 0.724. The summed E-state index contributed by atoms with van der Waals surface area (Å²) in [5, 5.41) is 8.32. The number of hydrogen-bond acceptors (Lipinski definition) is 6. The van der Waals surface area contributed by atoms with E-state index >= 15 is 0 Å². The summed E-state index contributed by atoms with van der Waals surface area (Å²) in [7, 11) is 0. The molecule has 0 aliphatic heterocycles. The average molecular weight is 319 g/mol. The Morgan fingerprint density at radius 2 is 2.29 bits per heavy atom. The third kappa shape index (κ3) is 2.24. The molecule has 1 aliphatic rings. The molecule has 0 saturated heterocycles. The van der Waals surface area contributed by atoms with Gasteiger partial charge in [0.1, 0.15) is 0 Å². The number of nitrogens with one attached hydrogen (secondary N) is 1. The molecule has 108 valence electrons. The summed E-state index contributed by atoms with van der Waals surface area (Å²) < 4.78 is 2.80. The van der Waals surface area contributed by atoms with Crippen LogP contribution in [0.25, 0.3) is 10.2 Å². The molecule has 21 heavy (non-hydrogen) atoms. The maximum atomic E-state index is 11.8. The Kier molecular flexibility index (Phi) is 2.83. The molecule has 1 fully saturated rings. The van der Waals surface area contributed by atoms with Gasteiger partial charge in [-0.3, -0.25) is 4.57 Å². The standard InChI is InChI=1S/C13H13N5OS2/c1-6-15-9-5-10(8(14)4-11(9)20-6)21-13-17-16-12(19)18(13)7-2-3-7/h4-5,7H,2-3,14H2,1H3,(H,16,19). The van der Waals surface area contributed by atoms with Crippen molar-refractivity contribution in [1.82, 2.24) is 19.7 Å². The lowest BCUT2D eigenvalue weighted by Gasteiger charge is -2.06. The minimum absolute atomic E-state index is 0.149. The Bertz CT molecular complexity index is 890. The van der Waals surface area contributed by atoms with E-state index in [0.29, 0.717) is 10.8 Å². The van der Waals surface area contributed by atoms with Crippen LogP contribution < -0.4 is 11.4 Å². The van der Waals surface area contributed by atoms with E-state index in [-0.39, 0.29) is 11.7 Å². The number of anilines is 1. The monoisotopic (exact) mass is 319 g/mol. The molecule has 6 nitrogen and oxygen atoms in total. The Balaban J connectivity index is 1.77. The first-order chi connectivity index (χ1) is 10.1. The van der Waals surface area contributed by atoms with Gasteiger partial charge in [-0.15, -0.1) is 16.4 Å². The summed E-state index contributed by atoms with van der Waals surface area (Å²) >= 11 is 3.04. The lowest BCUT2D eigenvalue weighted by molar-refractivity contribution is 0.642. The molecular formula is C13H13N5OS2. The minimum Gasteiger partial charge on any atom is -0.398 e. The summed E-state index contributed by atoms with van der Waals surface area (Å²) in [6.45, 7) is 1.98. The molecular weight excluding hydrogens is 306 g/mol. The third-order valence-corrected chi connectivity index (χ3v) is 5.39. The maximum Gasteiger partial charge on any atom is 0.344 e. The van der Waals surface area contributed by atoms with Crippen LogP contribution in [0, 0.1) is 6.92 Å². The van der Waals surface area contributed by atoms with Gasteiger partial charge in [-0.25, -0.2) is 14.9 Å². The van der Waals surface area contributed by atoms with Crippen molar-refractivity contribution < 1.29 is 0 Å². The van der Waals surface area contributed by atoms with Crippen molar-refractivity contribution in [3.05, 3.63) is 27.6 Å². The lowest BCUT2D eigenvalue weighted by Crippen LogP contribution is -2.16. The van der Waals surface area contributed by atoms with Gasteiger partial charge >= 0.3 is 5.69 Å². The number of aryl methyl sites for hydroxylation is 1. The predicted octanol–water partition coefficient (Wildman–Crippen LogP) is 2.56. The lowest BCUT2D eigenvalue weighted by atomic mass is 10.3. The molecule has 0 atom stereocenters. The van der Waals surface area contributed by atoms with Crippen LogP contribution in [0.2, 0.25) is 0 Å². The fraction of sp³-hybridized carbons (Fsp3) is 0.308. The smallest absolute Gasteiger partial charge is 0.344 e. The molecule has 3 aromatic rings. The zero-order chi connectivity index (χ0) is 14.6. The molecule has 3 N–H and O–H groups in total. The number of nitrogen functional groups attached to an aromatic ring is 1. The first-order valence-corrected chi connectivity index (χ1v) is 8.26. The van der Waals surface area contributed by atoms with Gasteiger partial charge < -0.3 is 5.73 Å². The molecule has 0 unspecified atom stereocenters. The summed E-state index contributed by atoms with van der Waals surface area (Å²) in [5.41, 5.74) is 7.60. The van der Waals surface area contributed by atoms with E-state index in [0.717, 1.165) is 33.0 Å². The summed E-state index contributed by atoms with van der Waals surface area (Å²) in [6.07, 6.45) is 2.07. The van der Waals surface area contributed by atoms with Crippen LogP contribution in [0.15, 0.2) is 27.0 Å². The second kappa shape index (κ2) is 4.60. The second-order valence-corrected chi connectivity index (χ2v) is 7.35. The highest BCUT2D eigenvalue weighted by Gasteiger charge is 2.29. The Morgan fingerprint density at radius 1 is 1.48 bits per heavy atom.